The minimum atomic E-state index is 0.896. The number of hydrogen-bond donors (Lipinski definition) is 0. The minimum absolute atomic E-state index is 0.896. The molecule has 0 aromatic rings. The molecule has 4 atom stereocenters. The van der Waals surface area contributed by atoms with Crippen LogP contribution in [0, 0.1) is 23.7 Å². The number of hydrogen-bond acceptors (Lipinski definition) is 0. The summed E-state index contributed by atoms with van der Waals surface area (Å²) in [6.45, 7) is 13.3. The van der Waals surface area contributed by atoms with Crippen LogP contribution in [0.2, 0.25) is 0 Å². The Morgan fingerprint density at radius 3 is 2.43 bits per heavy atom. The fourth-order valence-electron chi connectivity index (χ4n) is 2.80. The normalized spacial score (nSPS) is 33.6. The SMILES string of the molecule is C=C(C)CC(CC)CC1CC(C)C1C. The Balaban J connectivity index is 2.30. The van der Waals surface area contributed by atoms with E-state index in [2.05, 4.69) is 34.3 Å². The molecule has 14 heavy (non-hydrogen) atoms. The molecule has 0 nitrogen and oxygen atoms in total. The zero-order valence-corrected chi connectivity index (χ0v) is 10.3. The topological polar surface area (TPSA) is 0 Å². The van der Waals surface area contributed by atoms with Crippen molar-refractivity contribution in [3.63, 3.8) is 0 Å². The molecule has 0 aromatic carbocycles. The van der Waals surface area contributed by atoms with E-state index in [0.717, 1.165) is 23.7 Å². The average molecular weight is 194 g/mol. The first kappa shape index (κ1) is 11.8. The van der Waals surface area contributed by atoms with Gasteiger partial charge in [-0.1, -0.05) is 32.8 Å². The van der Waals surface area contributed by atoms with Gasteiger partial charge in [0, 0.05) is 0 Å². The van der Waals surface area contributed by atoms with E-state index in [1.54, 1.807) is 0 Å². The lowest BCUT2D eigenvalue weighted by atomic mass is 9.63. The number of rotatable bonds is 5. The van der Waals surface area contributed by atoms with E-state index in [4.69, 9.17) is 0 Å². The van der Waals surface area contributed by atoms with Gasteiger partial charge in [0.05, 0.1) is 0 Å². The molecule has 0 bridgehead atoms. The van der Waals surface area contributed by atoms with Crippen molar-refractivity contribution >= 4 is 0 Å². The van der Waals surface area contributed by atoms with Crippen LogP contribution in [0.15, 0.2) is 12.2 Å². The Bertz CT molecular complexity index is 192. The van der Waals surface area contributed by atoms with Gasteiger partial charge in [0.1, 0.15) is 0 Å². The lowest BCUT2D eigenvalue weighted by molar-refractivity contribution is 0.0777. The van der Waals surface area contributed by atoms with Gasteiger partial charge in [0.2, 0.25) is 0 Å². The molecule has 1 rings (SSSR count). The average Bonchev–Trinajstić information content (AvgIpc) is 2.14. The van der Waals surface area contributed by atoms with E-state index in [0.29, 0.717) is 0 Å². The van der Waals surface area contributed by atoms with E-state index >= 15 is 0 Å². The van der Waals surface area contributed by atoms with Gasteiger partial charge in [-0.25, -0.2) is 0 Å². The van der Waals surface area contributed by atoms with Crippen LogP contribution in [0.3, 0.4) is 0 Å². The van der Waals surface area contributed by atoms with Gasteiger partial charge in [-0.3, -0.25) is 0 Å². The molecule has 4 unspecified atom stereocenters. The molecule has 0 amide bonds. The zero-order chi connectivity index (χ0) is 10.7. The highest BCUT2D eigenvalue weighted by Crippen LogP contribution is 2.44. The summed E-state index contributed by atoms with van der Waals surface area (Å²) in [5.41, 5.74) is 1.36. The largest absolute Gasteiger partial charge is 0.100 e. The monoisotopic (exact) mass is 194 g/mol. The van der Waals surface area contributed by atoms with Crippen molar-refractivity contribution in [1.29, 1.82) is 0 Å². The second-order valence-corrected chi connectivity index (χ2v) is 5.50. The molecule has 82 valence electrons. The molecule has 0 heterocycles. The van der Waals surface area contributed by atoms with Gasteiger partial charge >= 0.3 is 0 Å². The molecule has 1 saturated carbocycles. The van der Waals surface area contributed by atoms with E-state index in [1.165, 1.54) is 31.3 Å². The summed E-state index contributed by atoms with van der Waals surface area (Å²) < 4.78 is 0. The van der Waals surface area contributed by atoms with Gasteiger partial charge in [-0.15, -0.1) is 6.58 Å². The van der Waals surface area contributed by atoms with Crippen molar-refractivity contribution in [2.75, 3.05) is 0 Å². The third-order valence-electron chi connectivity index (χ3n) is 4.17. The Morgan fingerprint density at radius 1 is 1.43 bits per heavy atom. The highest BCUT2D eigenvalue weighted by Gasteiger charge is 2.34. The van der Waals surface area contributed by atoms with Crippen molar-refractivity contribution in [3.05, 3.63) is 12.2 Å². The van der Waals surface area contributed by atoms with Crippen LogP contribution in [0.25, 0.3) is 0 Å². The quantitative estimate of drug-likeness (QED) is 0.558. The molecule has 1 fully saturated rings. The maximum atomic E-state index is 4.03. The van der Waals surface area contributed by atoms with Crippen LogP contribution in [0.5, 0.6) is 0 Å². The summed E-state index contributed by atoms with van der Waals surface area (Å²) in [6, 6.07) is 0. The van der Waals surface area contributed by atoms with Gasteiger partial charge in [0.15, 0.2) is 0 Å². The molecule has 0 aromatic heterocycles. The van der Waals surface area contributed by atoms with Gasteiger partial charge in [-0.2, -0.15) is 0 Å². The second-order valence-electron chi connectivity index (χ2n) is 5.50. The van der Waals surface area contributed by atoms with Crippen molar-refractivity contribution in [2.45, 2.75) is 53.4 Å². The van der Waals surface area contributed by atoms with E-state index in [1.807, 2.05) is 0 Å². The number of allylic oxidation sites excluding steroid dienone is 1. The summed E-state index contributed by atoms with van der Waals surface area (Å²) in [7, 11) is 0. The summed E-state index contributed by atoms with van der Waals surface area (Å²) in [5, 5.41) is 0. The Hall–Kier alpha value is -0.260. The zero-order valence-electron chi connectivity index (χ0n) is 10.3. The van der Waals surface area contributed by atoms with E-state index in [-0.39, 0.29) is 0 Å². The first-order valence-corrected chi connectivity index (χ1v) is 6.19. The van der Waals surface area contributed by atoms with Crippen LogP contribution >= 0.6 is 0 Å². The minimum Gasteiger partial charge on any atom is -0.100 e. The standard InChI is InChI=1S/C14H26/c1-6-13(7-10(2)3)9-14-8-11(4)12(14)5/h11-14H,2,6-9H2,1,3-5H3. The summed E-state index contributed by atoms with van der Waals surface area (Å²) >= 11 is 0. The maximum Gasteiger partial charge on any atom is -0.0297 e. The molecule has 0 saturated heterocycles. The van der Waals surface area contributed by atoms with E-state index in [9.17, 15) is 0 Å². The fraction of sp³-hybridized carbons (Fsp3) is 0.857. The molecular weight excluding hydrogens is 168 g/mol. The summed E-state index contributed by atoms with van der Waals surface area (Å²) in [6.07, 6.45) is 5.47. The molecular formula is C14H26. The van der Waals surface area contributed by atoms with E-state index < -0.39 is 0 Å². The Morgan fingerprint density at radius 2 is 2.07 bits per heavy atom. The first-order valence-electron chi connectivity index (χ1n) is 6.19. The summed E-state index contributed by atoms with van der Waals surface area (Å²) in [5.74, 6) is 3.85. The van der Waals surface area contributed by atoms with Crippen LogP contribution in [-0.2, 0) is 0 Å². The third-order valence-corrected chi connectivity index (χ3v) is 4.17. The molecule has 0 aliphatic heterocycles. The first-order chi connectivity index (χ1) is 6.54. The Labute approximate surface area is 89.8 Å². The fourth-order valence-corrected chi connectivity index (χ4v) is 2.80. The molecule has 0 N–H and O–H groups in total. The smallest absolute Gasteiger partial charge is 0.0297 e. The molecule has 0 heteroatoms. The molecule has 1 aliphatic rings. The lowest BCUT2D eigenvalue weighted by Gasteiger charge is -2.42. The predicted molar refractivity (Wildman–Crippen MR) is 64.3 cm³/mol. The van der Waals surface area contributed by atoms with Crippen molar-refractivity contribution in [3.8, 4) is 0 Å². The molecule has 0 radical (unpaired) electrons. The van der Waals surface area contributed by atoms with Crippen molar-refractivity contribution in [1.82, 2.24) is 0 Å². The van der Waals surface area contributed by atoms with Gasteiger partial charge in [-0.05, 0) is 49.9 Å². The van der Waals surface area contributed by atoms with Crippen LogP contribution in [0.4, 0.5) is 0 Å². The highest BCUT2D eigenvalue weighted by atomic mass is 14.4. The highest BCUT2D eigenvalue weighted by molar-refractivity contribution is 4.92. The Kier molecular flexibility index (Phi) is 4.22. The summed E-state index contributed by atoms with van der Waals surface area (Å²) in [4.78, 5) is 0. The molecule has 1 aliphatic carbocycles. The predicted octanol–water partition coefficient (Wildman–Crippen LogP) is 4.66. The van der Waals surface area contributed by atoms with Gasteiger partial charge < -0.3 is 0 Å². The van der Waals surface area contributed by atoms with Gasteiger partial charge in [0.25, 0.3) is 0 Å². The van der Waals surface area contributed by atoms with Crippen molar-refractivity contribution in [2.24, 2.45) is 23.7 Å². The molecule has 0 spiro atoms. The lowest BCUT2D eigenvalue weighted by Crippen LogP contribution is -2.33. The van der Waals surface area contributed by atoms with Crippen LogP contribution in [-0.4, -0.2) is 0 Å². The van der Waals surface area contributed by atoms with Crippen LogP contribution in [0.1, 0.15) is 53.4 Å². The maximum absolute atomic E-state index is 4.03. The third kappa shape index (κ3) is 2.87. The second kappa shape index (κ2) is 5.00. The van der Waals surface area contributed by atoms with Crippen molar-refractivity contribution < 1.29 is 0 Å². The van der Waals surface area contributed by atoms with Crippen LogP contribution < -0.4 is 0 Å².